The summed E-state index contributed by atoms with van der Waals surface area (Å²) in [5.41, 5.74) is 3.64. The maximum atomic E-state index is 12.5. The molecule has 1 fully saturated rings. The van der Waals surface area contributed by atoms with Crippen molar-refractivity contribution in [1.29, 1.82) is 0 Å². The molecule has 166 valence electrons. The fraction of sp³-hybridized carbons (Fsp3) is 0.308. The van der Waals surface area contributed by atoms with E-state index in [4.69, 9.17) is 0 Å². The lowest BCUT2D eigenvalue weighted by molar-refractivity contribution is 0.0950. The monoisotopic (exact) mass is 447 g/mol. The van der Waals surface area contributed by atoms with Crippen molar-refractivity contribution in [2.24, 2.45) is 0 Å². The van der Waals surface area contributed by atoms with Crippen LogP contribution in [0, 0.1) is 0 Å². The predicted molar refractivity (Wildman–Crippen MR) is 130 cm³/mol. The number of carbonyl (C=O) groups is 2. The highest BCUT2D eigenvalue weighted by molar-refractivity contribution is 7.12. The Kier molecular flexibility index (Phi) is 7.69. The summed E-state index contributed by atoms with van der Waals surface area (Å²) in [5.74, 6) is -0.272. The van der Waals surface area contributed by atoms with E-state index in [1.807, 2.05) is 11.4 Å². The lowest BCUT2D eigenvalue weighted by atomic mass is 10.1. The Balaban J connectivity index is 1.25. The van der Waals surface area contributed by atoms with Gasteiger partial charge >= 0.3 is 0 Å². The average molecular weight is 448 g/mol. The van der Waals surface area contributed by atoms with Gasteiger partial charge < -0.3 is 10.6 Å². The second kappa shape index (κ2) is 11.1. The first-order chi connectivity index (χ1) is 15.7. The number of nitrogens with zero attached hydrogens (tertiary/aromatic N) is 1. The second-order valence-electron chi connectivity index (χ2n) is 8.20. The van der Waals surface area contributed by atoms with Crippen LogP contribution in [0.3, 0.4) is 0 Å². The number of likely N-dealkylation sites (tertiary alicyclic amines) is 1. The van der Waals surface area contributed by atoms with Gasteiger partial charge in [0.05, 0.1) is 4.88 Å². The lowest BCUT2D eigenvalue weighted by Crippen LogP contribution is -2.24. The minimum absolute atomic E-state index is 0.130. The standard InChI is InChI=1S/C26H29N3O2S/c30-25(22-11-13-23(14-12-22)28-26(31)24-6-5-17-32-24)27-18-20-7-9-21(10-8-20)19-29-15-3-1-2-4-16-29/h5-14,17H,1-4,15-16,18-19H2,(H,27,30)(H,28,31). The van der Waals surface area contributed by atoms with Crippen molar-refractivity contribution in [3.63, 3.8) is 0 Å². The van der Waals surface area contributed by atoms with Gasteiger partial charge in [0, 0.05) is 24.3 Å². The van der Waals surface area contributed by atoms with E-state index in [9.17, 15) is 9.59 Å². The first-order valence-electron chi connectivity index (χ1n) is 11.2. The highest BCUT2D eigenvalue weighted by Crippen LogP contribution is 2.16. The van der Waals surface area contributed by atoms with Gasteiger partial charge in [0.2, 0.25) is 0 Å². The van der Waals surface area contributed by atoms with E-state index in [1.165, 1.54) is 55.7 Å². The van der Waals surface area contributed by atoms with Crippen LogP contribution in [0.4, 0.5) is 5.69 Å². The molecular formula is C26H29N3O2S. The molecule has 1 aliphatic heterocycles. The molecule has 4 rings (SSSR count). The zero-order valence-electron chi connectivity index (χ0n) is 18.2. The largest absolute Gasteiger partial charge is 0.348 e. The molecule has 1 aliphatic rings. The molecule has 2 heterocycles. The molecule has 0 aliphatic carbocycles. The summed E-state index contributed by atoms with van der Waals surface area (Å²) < 4.78 is 0. The van der Waals surface area contributed by atoms with E-state index in [2.05, 4.69) is 39.8 Å². The molecule has 0 saturated carbocycles. The number of rotatable bonds is 7. The van der Waals surface area contributed by atoms with Crippen molar-refractivity contribution in [3.8, 4) is 0 Å². The molecule has 2 aromatic carbocycles. The Morgan fingerprint density at radius 1 is 0.812 bits per heavy atom. The molecule has 0 spiro atoms. The van der Waals surface area contributed by atoms with E-state index >= 15 is 0 Å². The predicted octanol–water partition coefficient (Wildman–Crippen LogP) is 5.31. The quantitative estimate of drug-likeness (QED) is 0.516. The number of benzene rings is 2. The normalized spacial score (nSPS) is 14.5. The molecule has 0 atom stereocenters. The van der Waals surface area contributed by atoms with Gasteiger partial charge in [-0.25, -0.2) is 0 Å². The van der Waals surface area contributed by atoms with Crippen LogP contribution in [0.2, 0.25) is 0 Å². The molecule has 1 aromatic heterocycles. The Labute approximate surface area is 193 Å². The van der Waals surface area contributed by atoms with Crippen molar-refractivity contribution in [3.05, 3.63) is 87.6 Å². The lowest BCUT2D eigenvalue weighted by Gasteiger charge is -2.19. The summed E-state index contributed by atoms with van der Waals surface area (Å²) >= 11 is 1.39. The summed E-state index contributed by atoms with van der Waals surface area (Å²) in [6.07, 6.45) is 5.29. The number of hydrogen-bond acceptors (Lipinski definition) is 4. The van der Waals surface area contributed by atoms with Crippen molar-refractivity contribution >= 4 is 28.8 Å². The number of nitrogens with one attached hydrogen (secondary N) is 2. The van der Waals surface area contributed by atoms with E-state index in [-0.39, 0.29) is 11.8 Å². The van der Waals surface area contributed by atoms with Gasteiger partial charge in [-0.05, 0) is 72.8 Å². The van der Waals surface area contributed by atoms with Gasteiger partial charge in [-0.2, -0.15) is 0 Å². The summed E-state index contributed by atoms with van der Waals surface area (Å²) in [6, 6.07) is 19.1. The van der Waals surface area contributed by atoms with Crippen LogP contribution in [0.5, 0.6) is 0 Å². The molecule has 1 saturated heterocycles. The smallest absolute Gasteiger partial charge is 0.265 e. The third kappa shape index (κ3) is 6.28. The molecule has 5 nitrogen and oxygen atoms in total. The molecule has 32 heavy (non-hydrogen) atoms. The third-order valence-electron chi connectivity index (χ3n) is 5.73. The zero-order chi connectivity index (χ0) is 22.2. The number of amides is 2. The summed E-state index contributed by atoms with van der Waals surface area (Å²) in [6.45, 7) is 3.87. The number of carbonyl (C=O) groups excluding carboxylic acids is 2. The van der Waals surface area contributed by atoms with Gasteiger partial charge in [-0.15, -0.1) is 11.3 Å². The molecule has 6 heteroatoms. The second-order valence-corrected chi connectivity index (χ2v) is 9.15. The maximum Gasteiger partial charge on any atom is 0.265 e. The third-order valence-corrected chi connectivity index (χ3v) is 6.60. The molecule has 2 amide bonds. The van der Waals surface area contributed by atoms with E-state index < -0.39 is 0 Å². The SMILES string of the molecule is O=C(NCc1ccc(CN2CCCCCC2)cc1)c1ccc(NC(=O)c2cccs2)cc1. The minimum Gasteiger partial charge on any atom is -0.348 e. The average Bonchev–Trinajstić information content (AvgIpc) is 3.24. The van der Waals surface area contributed by atoms with Crippen LogP contribution in [-0.4, -0.2) is 29.8 Å². The molecular weight excluding hydrogens is 418 g/mol. The zero-order valence-corrected chi connectivity index (χ0v) is 19.0. The molecule has 3 aromatic rings. The van der Waals surface area contributed by atoms with Gasteiger partial charge in [0.15, 0.2) is 0 Å². The van der Waals surface area contributed by atoms with Crippen LogP contribution >= 0.6 is 11.3 Å². The molecule has 0 bridgehead atoms. The Bertz CT molecular complexity index is 1010. The van der Waals surface area contributed by atoms with Crippen molar-refractivity contribution < 1.29 is 9.59 Å². The van der Waals surface area contributed by atoms with Gasteiger partial charge in [-0.1, -0.05) is 43.2 Å². The highest BCUT2D eigenvalue weighted by atomic mass is 32.1. The van der Waals surface area contributed by atoms with Gasteiger partial charge in [0.1, 0.15) is 0 Å². The Morgan fingerprint density at radius 2 is 1.50 bits per heavy atom. The van der Waals surface area contributed by atoms with Crippen LogP contribution in [0.25, 0.3) is 0 Å². The summed E-state index contributed by atoms with van der Waals surface area (Å²) in [7, 11) is 0. The van der Waals surface area contributed by atoms with Crippen LogP contribution in [0.15, 0.2) is 66.0 Å². The van der Waals surface area contributed by atoms with Gasteiger partial charge in [0.25, 0.3) is 11.8 Å². The number of hydrogen-bond donors (Lipinski definition) is 2. The first kappa shape index (κ1) is 22.2. The van der Waals surface area contributed by atoms with Crippen LogP contribution < -0.4 is 10.6 Å². The fourth-order valence-corrected chi connectivity index (χ4v) is 4.52. The maximum absolute atomic E-state index is 12.5. The topological polar surface area (TPSA) is 61.4 Å². The Morgan fingerprint density at radius 3 is 2.16 bits per heavy atom. The van der Waals surface area contributed by atoms with Crippen molar-refractivity contribution in [1.82, 2.24) is 10.2 Å². The van der Waals surface area contributed by atoms with Crippen LogP contribution in [0.1, 0.15) is 56.8 Å². The van der Waals surface area contributed by atoms with Gasteiger partial charge in [-0.3, -0.25) is 14.5 Å². The minimum atomic E-state index is -0.142. The van der Waals surface area contributed by atoms with E-state index in [0.717, 1.165) is 12.1 Å². The van der Waals surface area contributed by atoms with Crippen molar-refractivity contribution in [2.45, 2.75) is 38.8 Å². The molecule has 2 N–H and O–H groups in total. The number of thiophene rings is 1. The summed E-state index contributed by atoms with van der Waals surface area (Å²) in [5, 5.41) is 7.68. The fourth-order valence-electron chi connectivity index (χ4n) is 3.90. The Hall–Kier alpha value is -2.96. The first-order valence-corrected chi connectivity index (χ1v) is 12.1. The summed E-state index contributed by atoms with van der Waals surface area (Å²) in [4.78, 5) is 27.8. The van der Waals surface area contributed by atoms with E-state index in [0.29, 0.717) is 22.7 Å². The van der Waals surface area contributed by atoms with E-state index in [1.54, 1.807) is 30.3 Å². The number of anilines is 1. The van der Waals surface area contributed by atoms with Crippen molar-refractivity contribution in [2.75, 3.05) is 18.4 Å². The molecule has 0 unspecified atom stereocenters. The molecule has 0 radical (unpaired) electrons. The van der Waals surface area contributed by atoms with Crippen LogP contribution in [-0.2, 0) is 13.1 Å². The highest BCUT2D eigenvalue weighted by Gasteiger charge is 2.11.